The molecule has 0 heterocycles. The molecule has 25 heavy (non-hydrogen) atoms. The molecule has 3 nitrogen and oxygen atoms in total. The Balaban J connectivity index is 2.35. The molecule has 2 aromatic rings. The average Bonchev–Trinajstić information content (AvgIpc) is 2.58. The average molecular weight is 350 g/mol. The number of hydrogen-bond donors (Lipinski definition) is 0. The fourth-order valence-electron chi connectivity index (χ4n) is 2.29. The van der Waals surface area contributed by atoms with Gasteiger partial charge in [0.05, 0.1) is 23.7 Å². The molecule has 2 rings (SSSR count). The van der Waals surface area contributed by atoms with Gasteiger partial charge in [0.15, 0.2) is 0 Å². The Morgan fingerprint density at radius 3 is 2.32 bits per heavy atom. The van der Waals surface area contributed by atoms with Crippen LogP contribution in [0.25, 0.3) is 0 Å². The number of alkyl halides is 3. The van der Waals surface area contributed by atoms with Crippen LogP contribution in [-0.2, 0) is 17.5 Å². The number of halogens is 4. The van der Waals surface area contributed by atoms with Crippen molar-refractivity contribution in [1.29, 1.82) is 5.26 Å². The quantitative estimate of drug-likeness (QED) is 0.753. The van der Waals surface area contributed by atoms with Gasteiger partial charge in [0.25, 0.3) is 0 Å². The van der Waals surface area contributed by atoms with E-state index in [9.17, 15) is 22.4 Å². The molecule has 0 aliphatic carbocycles. The zero-order chi connectivity index (χ0) is 18.6. The summed E-state index contributed by atoms with van der Waals surface area (Å²) in [5.41, 5.74) is -0.0978. The Labute approximate surface area is 142 Å². The Morgan fingerprint density at radius 1 is 1.16 bits per heavy atom. The second kappa shape index (κ2) is 7.34. The molecule has 0 saturated carbocycles. The highest BCUT2D eigenvalue weighted by atomic mass is 19.4. The zero-order valence-corrected chi connectivity index (χ0v) is 13.3. The molecular formula is C18H14F4N2O. The first kappa shape index (κ1) is 18.5. The topological polar surface area (TPSA) is 44.1 Å². The van der Waals surface area contributed by atoms with Gasteiger partial charge in [-0.25, -0.2) is 4.39 Å². The van der Waals surface area contributed by atoms with E-state index in [2.05, 4.69) is 0 Å². The summed E-state index contributed by atoms with van der Waals surface area (Å²) in [6.45, 7) is 1.59. The van der Waals surface area contributed by atoms with Crippen molar-refractivity contribution in [1.82, 2.24) is 0 Å². The third kappa shape index (κ3) is 4.57. The highest BCUT2D eigenvalue weighted by Crippen LogP contribution is 2.29. The summed E-state index contributed by atoms with van der Waals surface area (Å²) in [6, 6.07) is 9.70. The van der Waals surface area contributed by atoms with Crippen LogP contribution >= 0.6 is 0 Å². The van der Waals surface area contributed by atoms with Crippen molar-refractivity contribution >= 4 is 11.6 Å². The minimum Gasteiger partial charge on any atom is -0.308 e. The van der Waals surface area contributed by atoms with E-state index in [-0.39, 0.29) is 30.1 Å². The lowest BCUT2D eigenvalue weighted by atomic mass is 10.1. The number of benzene rings is 2. The van der Waals surface area contributed by atoms with Crippen molar-refractivity contribution in [2.24, 2.45) is 0 Å². The van der Waals surface area contributed by atoms with Crippen LogP contribution in [0.1, 0.15) is 30.0 Å². The third-order valence-electron chi connectivity index (χ3n) is 3.55. The molecular weight excluding hydrogens is 336 g/mol. The van der Waals surface area contributed by atoms with E-state index in [0.29, 0.717) is 5.56 Å². The van der Waals surface area contributed by atoms with Crippen LogP contribution in [0, 0.1) is 17.1 Å². The summed E-state index contributed by atoms with van der Waals surface area (Å²) in [5.74, 6) is -1.01. The maximum absolute atomic E-state index is 13.7. The van der Waals surface area contributed by atoms with Crippen molar-refractivity contribution in [2.75, 3.05) is 4.90 Å². The van der Waals surface area contributed by atoms with Crippen LogP contribution in [0.15, 0.2) is 42.5 Å². The van der Waals surface area contributed by atoms with Crippen molar-refractivity contribution in [3.8, 4) is 6.07 Å². The molecule has 0 saturated heterocycles. The van der Waals surface area contributed by atoms with E-state index in [4.69, 9.17) is 5.26 Å². The fraction of sp³-hybridized carbons (Fsp3) is 0.222. The Morgan fingerprint density at radius 2 is 1.80 bits per heavy atom. The lowest BCUT2D eigenvalue weighted by Gasteiger charge is -2.23. The van der Waals surface area contributed by atoms with E-state index in [1.807, 2.05) is 0 Å². The second-order valence-corrected chi connectivity index (χ2v) is 5.34. The van der Waals surface area contributed by atoms with Gasteiger partial charge in [-0.1, -0.05) is 19.1 Å². The number of carbonyl (C=O) groups is 1. The summed E-state index contributed by atoms with van der Waals surface area (Å²) < 4.78 is 51.5. The fourth-order valence-corrected chi connectivity index (χ4v) is 2.29. The molecule has 0 aliphatic heterocycles. The molecule has 0 aliphatic rings. The summed E-state index contributed by atoms with van der Waals surface area (Å²) in [4.78, 5) is 13.4. The summed E-state index contributed by atoms with van der Waals surface area (Å²) in [7, 11) is 0. The van der Waals surface area contributed by atoms with Gasteiger partial charge in [-0.3, -0.25) is 4.79 Å². The normalized spacial score (nSPS) is 11.0. The van der Waals surface area contributed by atoms with Crippen molar-refractivity contribution in [3.63, 3.8) is 0 Å². The van der Waals surface area contributed by atoms with Crippen LogP contribution in [0.5, 0.6) is 0 Å². The van der Waals surface area contributed by atoms with Crippen molar-refractivity contribution in [2.45, 2.75) is 26.1 Å². The van der Waals surface area contributed by atoms with E-state index in [1.165, 1.54) is 23.1 Å². The number of carbonyl (C=O) groups excluding carboxylic acids is 1. The van der Waals surface area contributed by atoms with E-state index in [1.54, 1.807) is 13.0 Å². The number of amides is 1. The van der Waals surface area contributed by atoms with Gasteiger partial charge in [-0.15, -0.1) is 0 Å². The van der Waals surface area contributed by atoms with Crippen LogP contribution in [0.4, 0.5) is 23.2 Å². The van der Waals surface area contributed by atoms with Crippen molar-refractivity contribution < 1.29 is 22.4 Å². The Kier molecular flexibility index (Phi) is 5.42. The molecule has 0 aromatic heterocycles. The number of nitrogens with zero attached hydrogens (tertiary/aromatic N) is 2. The maximum atomic E-state index is 13.7. The van der Waals surface area contributed by atoms with E-state index >= 15 is 0 Å². The molecule has 0 spiro atoms. The summed E-state index contributed by atoms with van der Waals surface area (Å²) >= 11 is 0. The van der Waals surface area contributed by atoms with Crippen LogP contribution in [0.2, 0.25) is 0 Å². The molecule has 1 amide bonds. The van der Waals surface area contributed by atoms with Crippen LogP contribution in [0.3, 0.4) is 0 Å². The lowest BCUT2D eigenvalue weighted by Crippen LogP contribution is -2.29. The lowest BCUT2D eigenvalue weighted by molar-refractivity contribution is -0.137. The Hall–Kier alpha value is -2.88. The van der Waals surface area contributed by atoms with Crippen LogP contribution < -0.4 is 4.90 Å². The molecule has 0 bridgehead atoms. The van der Waals surface area contributed by atoms with E-state index in [0.717, 1.165) is 24.3 Å². The molecule has 0 N–H and O–H groups in total. The summed E-state index contributed by atoms with van der Waals surface area (Å²) in [5, 5.41) is 8.93. The molecule has 0 atom stereocenters. The standard InChI is InChI=1S/C18H14F4N2O/c1-2-17(25)24(16-8-13(10-23)7-15(19)9-16)11-12-3-5-14(6-4-12)18(20,21)22/h3-9H,2,11H2,1H3. The van der Waals surface area contributed by atoms with Gasteiger partial charge in [0.1, 0.15) is 5.82 Å². The van der Waals surface area contributed by atoms with Gasteiger partial charge in [0, 0.05) is 12.1 Å². The Bertz CT molecular complexity index is 807. The highest BCUT2D eigenvalue weighted by Gasteiger charge is 2.30. The monoisotopic (exact) mass is 350 g/mol. The predicted molar refractivity (Wildman–Crippen MR) is 84.0 cm³/mol. The maximum Gasteiger partial charge on any atom is 0.416 e. The molecule has 2 aromatic carbocycles. The predicted octanol–water partition coefficient (Wildman–Crippen LogP) is 4.66. The second-order valence-electron chi connectivity index (χ2n) is 5.34. The SMILES string of the molecule is CCC(=O)N(Cc1ccc(C(F)(F)F)cc1)c1cc(F)cc(C#N)c1. The number of anilines is 1. The third-order valence-corrected chi connectivity index (χ3v) is 3.55. The minimum absolute atomic E-state index is 0.0286. The molecule has 0 radical (unpaired) electrons. The highest BCUT2D eigenvalue weighted by molar-refractivity contribution is 5.93. The van der Waals surface area contributed by atoms with Gasteiger partial charge < -0.3 is 4.90 Å². The first-order valence-corrected chi connectivity index (χ1v) is 7.41. The first-order chi connectivity index (χ1) is 11.7. The van der Waals surface area contributed by atoms with Gasteiger partial charge in [-0.2, -0.15) is 18.4 Å². The largest absolute Gasteiger partial charge is 0.416 e. The summed E-state index contributed by atoms with van der Waals surface area (Å²) in [6.07, 6.45) is -4.32. The first-order valence-electron chi connectivity index (χ1n) is 7.41. The van der Waals surface area contributed by atoms with Gasteiger partial charge >= 0.3 is 6.18 Å². The van der Waals surface area contributed by atoms with Crippen LogP contribution in [-0.4, -0.2) is 5.91 Å². The minimum atomic E-state index is -4.44. The smallest absolute Gasteiger partial charge is 0.308 e. The van der Waals surface area contributed by atoms with Gasteiger partial charge in [-0.05, 0) is 35.9 Å². The molecule has 130 valence electrons. The number of nitriles is 1. The van der Waals surface area contributed by atoms with Crippen molar-refractivity contribution in [3.05, 3.63) is 65.0 Å². The molecule has 7 heteroatoms. The number of rotatable bonds is 4. The van der Waals surface area contributed by atoms with E-state index < -0.39 is 17.6 Å². The van der Waals surface area contributed by atoms with Gasteiger partial charge in [0.2, 0.25) is 5.91 Å². The molecule has 0 fully saturated rings. The molecule has 0 unspecified atom stereocenters. The number of hydrogen-bond acceptors (Lipinski definition) is 2. The zero-order valence-electron chi connectivity index (χ0n) is 13.3.